The second kappa shape index (κ2) is 7.40. The lowest BCUT2D eigenvalue weighted by Gasteiger charge is -2.05. The molecule has 0 saturated heterocycles. The van der Waals surface area contributed by atoms with Crippen molar-refractivity contribution >= 4 is 43.3 Å². The van der Waals surface area contributed by atoms with Gasteiger partial charge in [-0.25, -0.2) is 8.42 Å². The van der Waals surface area contributed by atoms with Gasteiger partial charge in [0.1, 0.15) is 27.7 Å². The van der Waals surface area contributed by atoms with Gasteiger partial charge in [0, 0.05) is 6.07 Å². The summed E-state index contributed by atoms with van der Waals surface area (Å²) in [6.07, 6.45) is 0. The molecular formula is C16H16ClNO3S2. The molecule has 0 N–H and O–H groups in total. The lowest BCUT2D eigenvalue weighted by molar-refractivity contribution is -0.647. The first-order valence-corrected chi connectivity index (χ1v) is 9.54. The van der Waals surface area contributed by atoms with Gasteiger partial charge in [-0.2, -0.15) is 4.57 Å². The molecule has 122 valence electrons. The van der Waals surface area contributed by atoms with E-state index >= 15 is 0 Å². The fourth-order valence-electron chi connectivity index (χ4n) is 1.97. The maximum Gasteiger partial charge on any atom is 0.253 e. The molecule has 4 nitrogen and oxygen atoms in total. The lowest BCUT2D eigenvalue weighted by atomic mass is 10.2. The number of hydrogen-bond acceptors (Lipinski definition) is 4. The predicted octanol–water partition coefficient (Wildman–Crippen LogP) is 3.36. The van der Waals surface area contributed by atoms with E-state index in [-0.39, 0.29) is 4.90 Å². The molecular weight excluding hydrogens is 354 g/mol. The van der Waals surface area contributed by atoms with Crippen molar-refractivity contribution in [2.45, 2.75) is 17.7 Å². The number of benzene rings is 2. The molecule has 0 fully saturated rings. The Labute approximate surface area is 144 Å². The molecule has 0 atom stereocenters. The van der Waals surface area contributed by atoms with E-state index in [4.69, 9.17) is 11.6 Å². The van der Waals surface area contributed by atoms with E-state index in [0.29, 0.717) is 5.88 Å². The van der Waals surface area contributed by atoms with Crippen molar-refractivity contribution in [3.8, 4) is 0 Å². The molecule has 0 saturated carbocycles. The first-order chi connectivity index (χ1) is 10.8. The second-order valence-corrected chi connectivity index (χ2v) is 7.69. The number of rotatable bonds is 2. The van der Waals surface area contributed by atoms with E-state index in [0.717, 1.165) is 5.56 Å². The third-order valence-electron chi connectivity index (χ3n) is 3.25. The third-order valence-corrected chi connectivity index (χ3v) is 5.73. The summed E-state index contributed by atoms with van der Waals surface area (Å²) in [5, 5.41) is 1.21. The fourth-order valence-corrected chi connectivity index (χ4v) is 3.78. The van der Waals surface area contributed by atoms with Crippen molar-refractivity contribution in [3.05, 3.63) is 59.1 Å². The molecule has 1 aromatic heterocycles. The summed E-state index contributed by atoms with van der Waals surface area (Å²) in [5.41, 5.74) is 2.19. The van der Waals surface area contributed by atoms with E-state index in [1.165, 1.54) is 27.4 Å². The summed E-state index contributed by atoms with van der Waals surface area (Å²) >= 11 is 7.55. The molecule has 2 aromatic carbocycles. The van der Waals surface area contributed by atoms with Crippen molar-refractivity contribution in [2.75, 3.05) is 0 Å². The van der Waals surface area contributed by atoms with E-state index in [2.05, 4.69) is 29.8 Å². The quantitative estimate of drug-likeness (QED) is 0.395. The van der Waals surface area contributed by atoms with Crippen molar-refractivity contribution in [1.82, 2.24) is 0 Å². The standard InChI is InChI=1S/C9H9ClNS.C7H8O3S/c1-11-7-4-2-3-5-8(7)12-9(11)6-10;1-6-2-4-7(5-3-6)11(8,9)10/h2-5H,6H2,1H3;2-5H,1H3,(H,8,9,10)/q+1;/p-1. The van der Waals surface area contributed by atoms with Gasteiger partial charge in [-0.3, -0.25) is 0 Å². The highest BCUT2D eigenvalue weighted by molar-refractivity contribution is 7.85. The first kappa shape index (κ1) is 17.9. The van der Waals surface area contributed by atoms with Crippen LogP contribution < -0.4 is 4.57 Å². The summed E-state index contributed by atoms with van der Waals surface area (Å²) in [4.78, 5) is -0.178. The van der Waals surface area contributed by atoms with Crippen LogP contribution in [0.2, 0.25) is 0 Å². The van der Waals surface area contributed by atoms with Gasteiger partial charge in [-0.05, 0) is 25.1 Å². The molecule has 3 rings (SSSR count). The highest BCUT2D eigenvalue weighted by Crippen LogP contribution is 2.20. The van der Waals surface area contributed by atoms with Crippen LogP contribution in [0.3, 0.4) is 0 Å². The minimum Gasteiger partial charge on any atom is -0.744 e. The highest BCUT2D eigenvalue weighted by atomic mass is 35.5. The summed E-state index contributed by atoms with van der Waals surface area (Å²) in [5.74, 6) is 0.593. The summed E-state index contributed by atoms with van der Waals surface area (Å²) < 4.78 is 34.6. The predicted molar refractivity (Wildman–Crippen MR) is 91.7 cm³/mol. The van der Waals surface area contributed by atoms with Crippen molar-refractivity contribution in [2.24, 2.45) is 7.05 Å². The smallest absolute Gasteiger partial charge is 0.253 e. The number of fused-ring (bicyclic) bond motifs is 1. The molecule has 0 spiro atoms. The van der Waals surface area contributed by atoms with Crippen LogP contribution >= 0.6 is 22.9 Å². The largest absolute Gasteiger partial charge is 0.744 e. The Bertz CT molecular complexity index is 903. The Morgan fingerprint density at radius 3 is 2.26 bits per heavy atom. The normalized spacial score (nSPS) is 11.1. The number of thiazole rings is 1. The third kappa shape index (κ3) is 4.51. The molecule has 0 aliphatic rings. The molecule has 1 heterocycles. The number of para-hydroxylation sites is 1. The van der Waals surface area contributed by atoms with Gasteiger partial charge in [0.05, 0.1) is 4.90 Å². The van der Waals surface area contributed by atoms with Crippen molar-refractivity contribution in [1.29, 1.82) is 0 Å². The van der Waals surface area contributed by atoms with Crippen molar-refractivity contribution in [3.63, 3.8) is 0 Å². The summed E-state index contributed by atoms with van der Waals surface area (Å²) in [6.45, 7) is 1.82. The zero-order valence-electron chi connectivity index (χ0n) is 12.7. The van der Waals surface area contributed by atoms with Crippen LogP contribution in [0.5, 0.6) is 0 Å². The molecule has 7 heteroatoms. The van der Waals surface area contributed by atoms with Gasteiger partial charge in [0.25, 0.3) is 5.01 Å². The minimum absolute atomic E-state index is 0.178. The van der Waals surface area contributed by atoms with Gasteiger partial charge in [0.2, 0.25) is 5.52 Å². The maximum absolute atomic E-state index is 10.4. The van der Waals surface area contributed by atoms with Crippen LogP contribution in [-0.4, -0.2) is 13.0 Å². The molecule has 23 heavy (non-hydrogen) atoms. The van der Waals surface area contributed by atoms with Gasteiger partial charge in [-0.1, -0.05) is 41.2 Å². The van der Waals surface area contributed by atoms with E-state index in [1.807, 2.05) is 13.0 Å². The van der Waals surface area contributed by atoms with Crippen molar-refractivity contribution < 1.29 is 17.5 Å². The Balaban J connectivity index is 0.000000168. The van der Waals surface area contributed by atoms with E-state index in [9.17, 15) is 13.0 Å². The number of halogens is 1. The molecule has 0 aliphatic carbocycles. The molecule has 3 aromatic rings. The fraction of sp³-hybridized carbons (Fsp3) is 0.188. The number of nitrogens with zero attached hydrogens (tertiary/aromatic N) is 1. The first-order valence-electron chi connectivity index (χ1n) is 6.78. The van der Waals surface area contributed by atoms with Crippen LogP contribution in [-0.2, 0) is 23.0 Å². The van der Waals surface area contributed by atoms with Gasteiger partial charge in [-0.15, -0.1) is 11.6 Å². The lowest BCUT2D eigenvalue weighted by Crippen LogP contribution is -2.29. The Morgan fingerprint density at radius 2 is 1.74 bits per heavy atom. The Morgan fingerprint density at radius 1 is 1.13 bits per heavy atom. The summed E-state index contributed by atoms with van der Waals surface area (Å²) in [6, 6.07) is 14.1. The number of aryl methyl sites for hydroxylation is 2. The van der Waals surface area contributed by atoms with Gasteiger partial charge >= 0.3 is 0 Å². The topological polar surface area (TPSA) is 61.1 Å². The minimum atomic E-state index is -4.27. The molecule has 0 bridgehead atoms. The molecule has 0 unspecified atom stereocenters. The Hall–Kier alpha value is -1.47. The zero-order chi connectivity index (χ0) is 17.0. The van der Waals surface area contributed by atoms with Crippen LogP contribution in [0.15, 0.2) is 53.4 Å². The number of aromatic nitrogens is 1. The SMILES string of the molecule is C[n+]1c(CCl)sc2ccccc21.Cc1ccc(S(=O)(=O)[O-])cc1. The molecule has 0 amide bonds. The molecule has 0 radical (unpaired) electrons. The average Bonchev–Trinajstić information content (AvgIpc) is 2.84. The zero-order valence-corrected chi connectivity index (χ0v) is 15.1. The second-order valence-electron chi connectivity index (χ2n) is 4.92. The van der Waals surface area contributed by atoms with Crippen LogP contribution in [0.1, 0.15) is 10.6 Å². The van der Waals surface area contributed by atoms with Gasteiger partial charge in [0.15, 0.2) is 0 Å². The van der Waals surface area contributed by atoms with Crippen LogP contribution in [0.25, 0.3) is 10.2 Å². The Kier molecular flexibility index (Phi) is 5.75. The number of hydrogen-bond donors (Lipinski definition) is 0. The molecule has 0 aliphatic heterocycles. The van der Waals surface area contributed by atoms with Crippen LogP contribution in [0, 0.1) is 6.92 Å². The van der Waals surface area contributed by atoms with E-state index in [1.54, 1.807) is 23.5 Å². The highest BCUT2D eigenvalue weighted by Gasteiger charge is 2.14. The van der Waals surface area contributed by atoms with E-state index < -0.39 is 10.1 Å². The van der Waals surface area contributed by atoms with Gasteiger partial charge < -0.3 is 4.55 Å². The number of alkyl halides is 1. The summed E-state index contributed by atoms with van der Waals surface area (Å²) in [7, 11) is -2.22. The monoisotopic (exact) mass is 369 g/mol. The van der Waals surface area contributed by atoms with Crippen LogP contribution in [0.4, 0.5) is 0 Å². The average molecular weight is 370 g/mol. The maximum atomic E-state index is 10.4.